The van der Waals surface area contributed by atoms with Crippen molar-refractivity contribution in [1.82, 2.24) is 0 Å². The van der Waals surface area contributed by atoms with Gasteiger partial charge in [-0.25, -0.2) is 0 Å². The van der Waals surface area contributed by atoms with Crippen LogP contribution in [-0.4, -0.2) is 17.8 Å². The molecule has 0 aromatic heterocycles. The van der Waals surface area contributed by atoms with Crippen LogP contribution in [0.2, 0.25) is 0 Å². The molecule has 0 aliphatic carbocycles. The highest BCUT2D eigenvalue weighted by molar-refractivity contribution is 6.00. The average molecular weight is 333 g/mol. The maximum absolute atomic E-state index is 12.1. The Kier molecular flexibility index (Phi) is 4.80. The minimum Gasteiger partial charge on any atom is -0.485 e. The first-order valence-corrected chi connectivity index (χ1v) is 8.10. The zero-order valence-electron chi connectivity index (χ0n) is 14.2. The summed E-state index contributed by atoms with van der Waals surface area (Å²) in [5, 5.41) is 2.78. The van der Waals surface area contributed by atoms with Crippen LogP contribution in [0.4, 0.5) is 5.69 Å². The van der Waals surface area contributed by atoms with Gasteiger partial charge in [0.15, 0.2) is 5.78 Å². The Bertz CT molecular complexity index is 863. The van der Waals surface area contributed by atoms with Crippen molar-refractivity contribution < 1.29 is 14.3 Å². The maximum atomic E-state index is 12.1. The van der Waals surface area contributed by atoms with Crippen molar-refractivity contribution in [3.63, 3.8) is 0 Å². The lowest BCUT2D eigenvalue weighted by Gasteiger charge is -2.22. The minimum atomic E-state index is -0.234. The van der Waals surface area contributed by atoms with Crippen molar-refractivity contribution >= 4 is 23.5 Å². The standard InChI is InChI=1S/C21H19NO3/c1-14(23)16-7-10-19(11-8-16)22-21(24)12-9-17-13-18-5-3-4-6-20(18)25-15(17)2/h3-13,15H,1-2H3,(H,22,24)/b12-9+. The molecule has 1 aliphatic heterocycles. The monoisotopic (exact) mass is 333 g/mol. The number of benzene rings is 2. The molecule has 4 heteroatoms. The summed E-state index contributed by atoms with van der Waals surface area (Å²) in [6.45, 7) is 3.46. The van der Waals surface area contributed by atoms with Crippen molar-refractivity contribution in [3.8, 4) is 5.75 Å². The van der Waals surface area contributed by atoms with E-state index in [1.165, 1.54) is 13.0 Å². The number of ether oxygens (including phenoxy) is 1. The number of hydrogen-bond donors (Lipinski definition) is 1. The normalized spacial score (nSPS) is 15.9. The fourth-order valence-electron chi connectivity index (χ4n) is 2.59. The Morgan fingerprint density at radius 3 is 2.52 bits per heavy atom. The van der Waals surface area contributed by atoms with Crippen molar-refractivity contribution in [3.05, 3.63) is 77.4 Å². The van der Waals surface area contributed by atoms with Gasteiger partial charge in [0.1, 0.15) is 11.9 Å². The smallest absolute Gasteiger partial charge is 0.248 e. The molecule has 1 amide bonds. The van der Waals surface area contributed by atoms with E-state index < -0.39 is 0 Å². The number of rotatable bonds is 4. The third kappa shape index (κ3) is 4.04. The summed E-state index contributed by atoms with van der Waals surface area (Å²) in [6.07, 6.45) is 5.15. The van der Waals surface area contributed by atoms with Crippen LogP contribution < -0.4 is 10.1 Å². The Morgan fingerprint density at radius 2 is 1.80 bits per heavy atom. The van der Waals surface area contributed by atoms with Gasteiger partial charge in [-0.1, -0.05) is 18.2 Å². The molecule has 126 valence electrons. The van der Waals surface area contributed by atoms with Gasteiger partial charge in [-0.15, -0.1) is 0 Å². The Morgan fingerprint density at radius 1 is 1.08 bits per heavy atom. The summed E-state index contributed by atoms with van der Waals surface area (Å²) in [4.78, 5) is 23.4. The number of ketones is 1. The lowest BCUT2D eigenvalue weighted by Crippen LogP contribution is -2.18. The molecule has 0 spiro atoms. The van der Waals surface area contributed by atoms with E-state index in [0.29, 0.717) is 11.3 Å². The first-order valence-electron chi connectivity index (χ1n) is 8.10. The number of Topliss-reactive ketones (excluding diaryl/α,β-unsaturated/α-hetero) is 1. The van der Waals surface area contributed by atoms with Crippen LogP contribution >= 0.6 is 0 Å². The van der Waals surface area contributed by atoms with Crippen LogP contribution in [0.15, 0.2) is 66.3 Å². The van der Waals surface area contributed by atoms with E-state index in [0.717, 1.165) is 16.9 Å². The van der Waals surface area contributed by atoms with Crippen LogP contribution in [0.1, 0.15) is 29.8 Å². The third-order valence-electron chi connectivity index (χ3n) is 4.00. The van der Waals surface area contributed by atoms with Gasteiger partial charge in [-0.05, 0) is 61.9 Å². The first-order chi connectivity index (χ1) is 12.0. The lowest BCUT2D eigenvalue weighted by atomic mass is 10.0. The van der Waals surface area contributed by atoms with Crippen molar-refractivity contribution in [2.24, 2.45) is 0 Å². The summed E-state index contributed by atoms with van der Waals surface area (Å²) in [5.41, 5.74) is 3.19. The molecule has 1 N–H and O–H groups in total. The maximum Gasteiger partial charge on any atom is 0.248 e. The molecule has 0 saturated heterocycles. The molecule has 3 rings (SSSR count). The summed E-state index contributed by atoms with van der Waals surface area (Å²) in [7, 11) is 0. The highest BCUT2D eigenvalue weighted by Crippen LogP contribution is 2.29. The number of carbonyl (C=O) groups is 2. The van der Waals surface area contributed by atoms with E-state index >= 15 is 0 Å². The highest BCUT2D eigenvalue weighted by atomic mass is 16.5. The summed E-state index contributed by atoms with van der Waals surface area (Å²) in [5.74, 6) is 0.612. The topological polar surface area (TPSA) is 55.4 Å². The number of nitrogens with one attached hydrogen (secondary N) is 1. The molecular weight excluding hydrogens is 314 g/mol. The fourth-order valence-corrected chi connectivity index (χ4v) is 2.59. The van der Waals surface area contributed by atoms with Crippen molar-refractivity contribution in [1.29, 1.82) is 0 Å². The number of hydrogen-bond acceptors (Lipinski definition) is 3. The molecule has 1 aliphatic rings. The van der Waals surface area contributed by atoms with E-state index in [-0.39, 0.29) is 17.8 Å². The second-order valence-electron chi connectivity index (χ2n) is 5.90. The quantitative estimate of drug-likeness (QED) is 0.672. The molecule has 2 aromatic rings. The third-order valence-corrected chi connectivity index (χ3v) is 4.00. The number of amides is 1. The second-order valence-corrected chi connectivity index (χ2v) is 5.90. The molecule has 1 unspecified atom stereocenters. The van der Waals surface area contributed by atoms with Gasteiger partial charge in [0.25, 0.3) is 0 Å². The fraction of sp³-hybridized carbons (Fsp3) is 0.143. The largest absolute Gasteiger partial charge is 0.485 e. The van der Waals surface area contributed by atoms with Crippen molar-refractivity contribution in [2.75, 3.05) is 5.32 Å². The van der Waals surface area contributed by atoms with Gasteiger partial charge in [0.2, 0.25) is 5.91 Å². The van der Waals surface area contributed by atoms with E-state index in [1.807, 2.05) is 37.3 Å². The zero-order chi connectivity index (χ0) is 17.8. The van der Waals surface area contributed by atoms with Crippen LogP contribution in [0, 0.1) is 0 Å². The van der Waals surface area contributed by atoms with E-state index in [2.05, 4.69) is 5.32 Å². The number of fused-ring (bicyclic) bond motifs is 1. The minimum absolute atomic E-state index is 0.00345. The molecule has 1 atom stereocenters. The van der Waals surface area contributed by atoms with Gasteiger partial charge in [-0.2, -0.15) is 0 Å². The number of para-hydroxylation sites is 1. The van der Waals surface area contributed by atoms with Crippen LogP contribution in [0.5, 0.6) is 5.75 Å². The molecule has 0 bridgehead atoms. The summed E-state index contributed by atoms with van der Waals surface area (Å²) in [6, 6.07) is 14.6. The highest BCUT2D eigenvalue weighted by Gasteiger charge is 2.16. The van der Waals surface area contributed by atoms with Crippen molar-refractivity contribution in [2.45, 2.75) is 20.0 Å². The molecule has 4 nitrogen and oxygen atoms in total. The first kappa shape index (κ1) is 16.7. The Labute approximate surface area is 146 Å². The number of carbonyl (C=O) groups excluding carboxylic acids is 2. The van der Waals surface area contributed by atoms with Gasteiger partial charge in [0.05, 0.1) is 0 Å². The molecular formula is C21H19NO3. The summed E-state index contributed by atoms with van der Waals surface area (Å²) < 4.78 is 5.85. The SMILES string of the molecule is CC(=O)c1ccc(NC(=O)/C=C/C2=Cc3ccccc3OC2C)cc1. The average Bonchev–Trinajstić information content (AvgIpc) is 2.60. The van der Waals surface area contributed by atoms with E-state index in [4.69, 9.17) is 4.74 Å². The molecule has 0 radical (unpaired) electrons. The predicted octanol–water partition coefficient (Wildman–Crippen LogP) is 4.25. The lowest BCUT2D eigenvalue weighted by molar-refractivity contribution is -0.111. The molecule has 0 saturated carbocycles. The Hall–Kier alpha value is -3.14. The predicted molar refractivity (Wildman–Crippen MR) is 98.7 cm³/mol. The van der Waals surface area contributed by atoms with Gasteiger partial charge in [-0.3, -0.25) is 9.59 Å². The van der Waals surface area contributed by atoms with Crippen LogP contribution in [-0.2, 0) is 4.79 Å². The molecule has 0 fully saturated rings. The molecule has 25 heavy (non-hydrogen) atoms. The van der Waals surface area contributed by atoms with E-state index in [1.54, 1.807) is 30.3 Å². The van der Waals surface area contributed by atoms with Gasteiger partial charge < -0.3 is 10.1 Å². The Balaban J connectivity index is 1.68. The summed E-state index contributed by atoms with van der Waals surface area (Å²) >= 11 is 0. The van der Waals surface area contributed by atoms with Crippen LogP contribution in [0.25, 0.3) is 6.08 Å². The molecule has 2 aromatic carbocycles. The second kappa shape index (κ2) is 7.18. The van der Waals surface area contributed by atoms with E-state index in [9.17, 15) is 9.59 Å². The van der Waals surface area contributed by atoms with Gasteiger partial charge >= 0.3 is 0 Å². The van der Waals surface area contributed by atoms with Gasteiger partial charge in [0, 0.05) is 22.9 Å². The molecule has 1 heterocycles. The van der Waals surface area contributed by atoms with Crippen LogP contribution in [0.3, 0.4) is 0 Å². The number of anilines is 1. The zero-order valence-corrected chi connectivity index (χ0v) is 14.2.